The third-order valence-corrected chi connectivity index (χ3v) is 24.9. The topological polar surface area (TPSA) is 282 Å². The monoisotopic (exact) mass is 1500 g/mol. The molecule has 105 heavy (non-hydrogen) atoms. The maximum absolute atomic E-state index is 16.0. The van der Waals surface area contributed by atoms with Gasteiger partial charge in [0.25, 0.3) is 0 Å². The molecule has 3 heterocycles. The molecule has 4 aliphatic carbocycles. The average molecular weight is 1510 g/mol. The first kappa shape index (κ1) is 85.9. The van der Waals surface area contributed by atoms with Gasteiger partial charge in [0.05, 0.1) is 32.0 Å². The number of likely N-dealkylation sites (N-methyl/N-ethyl adjacent to an activating group) is 8. The Balaban J connectivity index is 1.31. The molecule has 12 atom stereocenters. The number of nitrogens with one attached hydrogen (secondary N) is 4. The van der Waals surface area contributed by atoms with Crippen LogP contribution in [0.3, 0.4) is 0 Å². The number of piperidine rings is 1. The summed E-state index contributed by atoms with van der Waals surface area (Å²) in [6, 6.07) is -8.73. The fourth-order valence-corrected chi connectivity index (χ4v) is 17.9. The fraction of sp³-hybridized carbons (Fsp3) is 0.842. The van der Waals surface area contributed by atoms with E-state index < -0.39 is 174 Å². The summed E-state index contributed by atoms with van der Waals surface area (Å²) in [5.74, 6) is -10.8. The molecule has 25 nitrogen and oxygen atoms in total. The molecule has 4 N–H and O–H groups in total. The Morgan fingerprint density at radius 3 is 1.74 bits per heavy atom. The Labute approximate surface area is 626 Å². The molecule has 4 saturated carbocycles. The number of alkyl halides is 4. The van der Waals surface area contributed by atoms with Crippen molar-refractivity contribution in [3.63, 3.8) is 0 Å². The van der Waals surface area contributed by atoms with Gasteiger partial charge in [0.2, 0.25) is 70.9 Å². The van der Waals surface area contributed by atoms with Gasteiger partial charge in [0.15, 0.2) is 0 Å². The quantitative estimate of drug-likeness (QED) is 0.147. The molecule has 4 unspecified atom stereocenters. The lowest BCUT2D eigenvalue weighted by Crippen LogP contribution is -2.65. The number of amides is 12. The Hall–Kier alpha value is -6.32. The van der Waals surface area contributed by atoms with Gasteiger partial charge in [-0.15, -0.1) is 11.6 Å². The molecule has 594 valence electrons. The van der Waals surface area contributed by atoms with Crippen LogP contribution in [-0.4, -0.2) is 277 Å². The first-order valence-corrected chi connectivity index (χ1v) is 39.7. The molecule has 0 aromatic rings. The van der Waals surface area contributed by atoms with E-state index >= 15 is 28.8 Å². The number of likely N-dealkylation sites (tertiary alicyclic amines) is 1. The van der Waals surface area contributed by atoms with E-state index in [0.29, 0.717) is 71.0 Å². The summed E-state index contributed by atoms with van der Waals surface area (Å²) < 4.78 is 42.4. The minimum absolute atomic E-state index is 0.00998. The van der Waals surface area contributed by atoms with E-state index in [-0.39, 0.29) is 87.9 Å². The lowest BCUT2D eigenvalue weighted by molar-refractivity contribution is -0.182. The largest absolute Gasteiger partial charge is 0.393 e. The molecule has 3 saturated heterocycles. The summed E-state index contributed by atoms with van der Waals surface area (Å²) in [6.07, 6.45) is 7.90. The van der Waals surface area contributed by atoms with Crippen molar-refractivity contribution < 1.29 is 70.7 Å². The Bertz CT molecular complexity index is 3010. The van der Waals surface area contributed by atoms with Gasteiger partial charge in [-0.2, -0.15) is 13.2 Å². The fourth-order valence-electron chi connectivity index (χ4n) is 17.4. The van der Waals surface area contributed by atoms with Gasteiger partial charge in [0, 0.05) is 74.8 Å². The molecule has 0 aromatic heterocycles. The molecule has 1 spiro atoms. The SMILES string of the molecule is CC[C@H](C)[C@@H]1NC(=O)[C@H](CC(C)C)N(C)C(=O)C[C@@H](C(=O)N2CCCC2)N(C)C(=O)[C@H](C2CCCCC2)N(C)C(=O)C2(CCCC2)NC(=O)[C@H](CC2CCCNC2)N(C)C(=O)[C@H](CCC2CCC(C(F)(F)F)C(Cl)C2)NC(=O)CN(C)C(=O)[C@H](CC2CCCCC2)N(C)C(=O)CN(C)C(=O)CN(C)C1=O. The zero-order chi connectivity index (χ0) is 77.4. The third kappa shape index (κ3) is 22.7. The van der Waals surface area contributed by atoms with Gasteiger partial charge in [-0.25, -0.2) is 0 Å². The highest BCUT2D eigenvalue weighted by molar-refractivity contribution is 6.21. The van der Waals surface area contributed by atoms with Gasteiger partial charge in [-0.1, -0.05) is 98.3 Å². The van der Waals surface area contributed by atoms with E-state index in [2.05, 4.69) is 21.3 Å². The van der Waals surface area contributed by atoms with E-state index in [1.54, 1.807) is 18.9 Å². The lowest BCUT2D eigenvalue weighted by atomic mass is 9.78. The normalized spacial score (nSPS) is 30.2. The molecule has 29 heteroatoms. The van der Waals surface area contributed by atoms with Gasteiger partial charge < -0.3 is 65.4 Å². The van der Waals surface area contributed by atoms with Crippen LogP contribution in [0.15, 0.2) is 0 Å². The molecule has 3 aliphatic heterocycles. The van der Waals surface area contributed by atoms with Crippen LogP contribution in [0.5, 0.6) is 0 Å². The first-order chi connectivity index (χ1) is 49.6. The predicted octanol–water partition coefficient (Wildman–Crippen LogP) is 6.32. The molecule has 7 fully saturated rings. The van der Waals surface area contributed by atoms with Gasteiger partial charge in [-0.3, -0.25) is 57.5 Å². The van der Waals surface area contributed by atoms with Gasteiger partial charge in [0.1, 0.15) is 47.8 Å². The number of halogens is 4. The van der Waals surface area contributed by atoms with Crippen LogP contribution in [-0.2, 0) is 57.5 Å². The maximum Gasteiger partial charge on any atom is 0.393 e. The highest BCUT2D eigenvalue weighted by Gasteiger charge is 2.52. The zero-order valence-corrected chi connectivity index (χ0v) is 65.6. The molecular formula is C76H125ClF3N13O12. The van der Waals surface area contributed by atoms with Crippen molar-refractivity contribution in [1.29, 1.82) is 0 Å². The Kier molecular flexibility index (Phi) is 32.1. The highest BCUT2D eigenvalue weighted by Crippen LogP contribution is 2.44. The molecule has 12 amide bonds. The number of carbonyl (C=O) groups excluding carboxylic acids is 12. The van der Waals surface area contributed by atoms with Crippen LogP contribution < -0.4 is 21.3 Å². The molecule has 7 rings (SSSR count). The lowest BCUT2D eigenvalue weighted by Gasteiger charge is -2.43. The van der Waals surface area contributed by atoms with E-state index in [1.807, 2.05) is 20.8 Å². The summed E-state index contributed by atoms with van der Waals surface area (Å²) in [4.78, 5) is 193. The third-order valence-electron chi connectivity index (χ3n) is 24.4. The van der Waals surface area contributed by atoms with Crippen molar-refractivity contribution in [2.45, 2.75) is 267 Å². The average Bonchev–Trinajstić information content (AvgIpc) is 1.73. The standard InChI is InChI=1S/C76H125ClF3N13O12/c1-13-49(4)65-72(103)87(7)46-63(96)85(5)47-64(97)89(9)59(41-50-25-16-14-17-26-50)70(101)86(6)45-61(94)82-56(33-31-51-30-32-54(55(77)40-51)76(78,79)80)69(100)90(10)58(42-52-27-24-36-81-44-52)68(99)84-75(34-20-21-35-75)74(105)92(12)66(53-28-18-15-19-29-53)73(104)91(11)60(71(102)93-37-22-23-38-93)43-62(95)88(8)57(39-48(2)3)67(98)83-65/h48-60,65-66,81H,13-47H2,1-12H3,(H,82,94)(H,83,98)(H,84,99)/t49-,51?,52?,54?,55?,56-,57-,58-,59-,60-,65-,66-/m0/s1. The minimum Gasteiger partial charge on any atom is -0.343 e. The van der Waals surface area contributed by atoms with E-state index in [1.165, 1.54) is 78.7 Å². The van der Waals surface area contributed by atoms with Crippen molar-refractivity contribution in [2.75, 3.05) is 102 Å². The molecule has 0 radical (unpaired) electrons. The summed E-state index contributed by atoms with van der Waals surface area (Å²) in [7, 11) is 11.6. The van der Waals surface area contributed by atoms with Crippen molar-refractivity contribution in [1.82, 2.24) is 65.4 Å². The van der Waals surface area contributed by atoms with Crippen LogP contribution >= 0.6 is 11.6 Å². The molecule has 7 aliphatic rings. The summed E-state index contributed by atoms with van der Waals surface area (Å²) in [5, 5.41) is 11.1. The summed E-state index contributed by atoms with van der Waals surface area (Å²) in [6.45, 7) is 7.72. The molecule has 0 bridgehead atoms. The van der Waals surface area contributed by atoms with E-state index in [9.17, 15) is 41.9 Å². The van der Waals surface area contributed by atoms with Gasteiger partial charge >= 0.3 is 6.18 Å². The number of nitrogens with zero attached hydrogens (tertiary/aromatic N) is 9. The minimum atomic E-state index is -4.52. The maximum atomic E-state index is 16.0. The first-order valence-electron chi connectivity index (χ1n) is 39.3. The van der Waals surface area contributed by atoms with E-state index in [0.717, 1.165) is 74.1 Å². The summed E-state index contributed by atoms with van der Waals surface area (Å²) in [5.41, 5.74) is -1.59. The van der Waals surface area contributed by atoms with Crippen LogP contribution in [0, 0.1) is 41.4 Å². The van der Waals surface area contributed by atoms with Crippen LogP contribution in [0.25, 0.3) is 0 Å². The number of carbonyl (C=O) groups is 12. The number of rotatable bonds is 13. The van der Waals surface area contributed by atoms with E-state index in [4.69, 9.17) is 11.6 Å². The van der Waals surface area contributed by atoms with Crippen molar-refractivity contribution >= 4 is 82.5 Å². The second kappa shape index (κ2) is 39.2. The number of hydrogen-bond acceptors (Lipinski definition) is 13. The smallest absolute Gasteiger partial charge is 0.343 e. The van der Waals surface area contributed by atoms with Crippen LogP contribution in [0.1, 0.15) is 207 Å². The van der Waals surface area contributed by atoms with Gasteiger partial charge in [-0.05, 0) is 151 Å². The van der Waals surface area contributed by atoms with Crippen molar-refractivity contribution in [3.05, 3.63) is 0 Å². The van der Waals surface area contributed by atoms with Crippen LogP contribution in [0.2, 0.25) is 0 Å². The van der Waals surface area contributed by atoms with Crippen molar-refractivity contribution in [3.8, 4) is 0 Å². The summed E-state index contributed by atoms with van der Waals surface area (Å²) >= 11 is 6.46. The Morgan fingerprint density at radius 1 is 0.562 bits per heavy atom. The predicted molar refractivity (Wildman–Crippen MR) is 392 cm³/mol. The Morgan fingerprint density at radius 2 is 1.15 bits per heavy atom. The highest BCUT2D eigenvalue weighted by atomic mass is 35.5. The molecular weight excluding hydrogens is 1380 g/mol. The second-order valence-corrected chi connectivity index (χ2v) is 33.2. The van der Waals surface area contributed by atoms with Crippen molar-refractivity contribution in [2.24, 2.45) is 41.4 Å². The second-order valence-electron chi connectivity index (χ2n) is 32.6. The number of hydrogen-bond donors (Lipinski definition) is 4. The zero-order valence-electron chi connectivity index (χ0n) is 64.8. The van der Waals surface area contributed by atoms with Crippen LogP contribution in [0.4, 0.5) is 13.2 Å². The molecule has 0 aromatic carbocycles.